The topological polar surface area (TPSA) is 115 Å². The van der Waals surface area contributed by atoms with Crippen molar-refractivity contribution in [2.45, 2.75) is 30.0 Å². The van der Waals surface area contributed by atoms with Crippen molar-refractivity contribution in [3.8, 4) is 11.5 Å². The van der Waals surface area contributed by atoms with Crippen molar-refractivity contribution in [2.75, 3.05) is 0 Å². The third kappa shape index (κ3) is 13.3. The number of para-hydroxylation sites is 1. The average molecular weight is 725 g/mol. The summed E-state index contributed by atoms with van der Waals surface area (Å²) in [7, 11) is -7.27. The van der Waals surface area contributed by atoms with Crippen molar-refractivity contribution >= 4 is 31.8 Å². The van der Waals surface area contributed by atoms with Crippen LogP contribution in [0.1, 0.15) is 0 Å². The fourth-order valence-corrected chi connectivity index (χ4v) is 6.92. The van der Waals surface area contributed by atoms with E-state index in [0.717, 1.165) is 9.79 Å². The van der Waals surface area contributed by atoms with Crippen molar-refractivity contribution in [1.82, 2.24) is 0 Å². The molecule has 0 aliphatic rings. The number of phenols is 2. The lowest BCUT2D eigenvalue weighted by Gasteiger charge is -2.08. The van der Waals surface area contributed by atoms with Gasteiger partial charge in [0.2, 0.25) is 0 Å². The first-order valence-corrected chi connectivity index (χ1v) is 18.1. The largest absolute Gasteiger partial charge is 0.741 e. The molecular formula is C37H31F3O6S3. The highest BCUT2D eigenvalue weighted by atomic mass is 32.2. The highest BCUT2D eigenvalue weighted by Crippen LogP contribution is 2.31. The first-order chi connectivity index (χ1) is 23.4. The molecule has 0 aliphatic heterocycles. The van der Waals surface area contributed by atoms with E-state index in [0.29, 0.717) is 11.5 Å². The molecule has 254 valence electrons. The molecule has 0 radical (unpaired) electrons. The van der Waals surface area contributed by atoms with Gasteiger partial charge in [-0.05, 0) is 84.9 Å². The lowest BCUT2D eigenvalue weighted by Crippen LogP contribution is -2.21. The summed E-state index contributed by atoms with van der Waals surface area (Å²) in [6.07, 6.45) is 0. The summed E-state index contributed by atoms with van der Waals surface area (Å²) in [4.78, 5) is 5.46. The lowest BCUT2D eigenvalue weighted by molar-refractivity contribution is -0.0517. The molecule has 0 atom stereocenters. The van der Waals surface area contributed by atoms with E-state index in [2.05, 4.69) is 48.5 Å². The molecule has 0 fully saturated rings. The predicted molar refractivity (Wildman–Crippen MR) is 185 cm³/mol. The van der Waals surface area contributed by atoms with E-state index < -0.39 is 26.4 Å². The minimum Gasteiger partial charge on any atom is -0.741 e. The molecule has 0 aliphatic carbocycles. The minimum absolute atomic E-state index is 0.134. The molecule has 49 heavy (non-hydrogen) atoms. The maximum Gasteiger partial charge on any atom is 0.485 e. The number of hydrogen-bond acceptors (Lipinski definition) is 6. The maximum absolute atomic E-state index is 12.0. The van der Waals surface area contributed by atoms with Crippen molar-refractivity contribution in [2.24, 2.45) is 0 Å². The van der Waals surface area contributed by atoms with E-state index in [1.807, 2.05) is 91.0 Å². The van der Waals surface area contributed by atoms with Crippen LogP contribution in [-0.2, 0) is 31.8 Å². The molecule has 2 N–H and O–H groups in total. The van der Waals surface area contributed by atoms with Gasteiger partial charge in [-0.25, -0.2) is 12.6 Å². The molecule has 0 saturated carbocycles. The van der Waals surface area contributed by atoms with Crippen LogP contribution in [0.4, 0.5) is 13.2 Å². The summed E-state index contributed by atoms with van der Waals surface area (Å²) >= 11 is 0. The van der Waals surface area contributed by atoms with Gasteiger partial charge in [-0.15, -0.1) is 0 Å². The highest BCUT2D eigenvalue weighted by Gasteiger charge is 2.37. The summed E-state index contributed by atoms with van der Waals surface area (Å²) in [6.45, 7) is 0. The minimum atomic E-state index is -6.09. The standard InChI is InChI=1S/C18H14OS.C12H10OS.C6H6O.CHF3O3S/c19-15-11-13-18(14-12-15)20(16-7-3-1-4-8-16)17-9-5-2-6-10-17;13-14(11-7-3-1-4-8-11)12-9-5-2-6-10-12;7-6-4-2-1-3-5-6;2-1(3,4)8(5,6)7/h1-14H;1-10H;1-5,7H;(H,5,6,7). The van der Waals surface area contributed by atoms with Crippen LogP contribution in [0.5, 0.6) is 11.5 Å². The zero-order chi connectivity index (χ0) is 35.7. The second-order valence-corrected chi connectivity index (χ2v) is 14.4. The van der Waals surface area contributed by atoms with Gasteiger partial charge in [-0.3, -0.25) is 0 Å². The number of rotatable bonds is 5. The molecular weight excluding hydrogens is 694 g/mol. The van der Waals surface area contributed by atoms with Crippen LogP contribution in [0.25, 0.3) is 0 Å². The van der Waals surface area contributed by atoms with Crippen LogP contribution in [0.3, 0.4) is 0 Å². The Morgan fingerprint density at radius 2 is 0.755 bits per heavy atom. The van der Waals surface area contributed by atoms with Gasteiger partial charge < -0.3 is 14.8 Å². The predicted octanol–water partition coefficient (Wildman–Crippen LogP) is 8.78. The molecule has 6 aromatic carbocycles. The number of halogens is 3. The van der Waals surface area contributed by atoms with Gasteiger partial charge in [-0.1, -0.05) is 91.0 Å². The molecule has 0 spiro atoms. The monoisotopic (exact) mass is 724 g/mol. The van der Waals surface area contributed by atoms with Gasteiger partial charge in [0.1, 0.15) is 11.5 Å². The van der Waals surface area contributed by atoms with E-state index in [9.17, 15) is 22.5 Å². The van der Waals surface area contributed by atoms with Crippen LogP contribution in [0.15, 0.2) is 200 Å². The fraction of sp³-hybridized carbons (Fsp3) is 0.0270. The molecule has 12 heteroatoms. The summed E-state index contributed by atoms with van der Waals surface area (Å²) in [6, 6.07) is 56.1. The van der Waals surface area contributed by atoms with E-state index in [4.69, 9.17) is 18.1 Å². The van der Waals surface area contributed by atoms with Crippen LogP contribution < -0.4 is 0 Å². The second-order valence-electron chi connectivity index (χ2n) is 9.56. The zero-order valence-corrected chi connectivity index (χ0v) is 28.1. The Hall–Kier alpha value is -4.88. The molecule has 6 nitrogen and oxygen atoms in total. The van der Waals surface area contributed by atoms with Crippen molar-refractivity contribution < 1.29 is 40.6 Å². The number of alkyl halides is 3. The van der Waals surface area contributed by atoms with Gasteiger partial charge in [0.15, 0.2) is 24.8 Å². The van der Waals surface area contributed by atoms with Crippen molar-refractivity contribution in [3.05, 3.63) is 176 Å². The zero-order valence-electron chi connectivity index (χ0n) is 25.6. The number of aromatic hydroxyl groups is 2. The lowest BCUT2D eigenvalue weighted by atomic mass is 10.3. The van der Waals surface area contributed by atoms with Crippen molar-refractivity contribution in [3.63, 3.8) is 0 Å². The Kier molecular flexibility index (Phi) is 15.1. The molecule has 6 rings (SSSR count). The van der Waals surface area contributed by atoms with Crippen LogP contribution >= 0.6 is 0 Å². The average Bonchev–Trinajstić information content (AvgIpc) is 3.11. The molecule has 0 saturated heterocycles. The third-order valence-electron chi connectivity index (χ3n) is 5.98. The van der Waals surface area contributed by atoms with Gasteiger partial charge in [0, 0.05) is 9.79 Å². The Morgan fingerprint density at radius 1 is 0.490 bits per heavy atom. The smallest absolute Gasteiger partial charge is 0.485 e. The summed E-state index contributed by atoms with van der Waals surface area (Å²) in [5, 5.41) is 18.1. The molecule has 0 aromatic heterocycles. The van der Waals surface area contributed by atoms with Gasteiger partial charge in [-0.2, -0.15) is 13.2 Å². The fourth-order valence-electron chi connectivity index (χ4n) is 3.76. The summed E-state index contributed by atoms with van der Waals surface area (Å²) in [5.41, 5.74) is -5.65. The Morgan fingerprint density at radius 3 is 1.04 bits per heavy atom. The van der Waals surface area contributed by atoms with E-state index in [1.165, 1.54) is 14.7 Å². The first kappa shape index (κ1) is 38.6. The van der Waals surface area contributed by atoms with Gasteiger partial charge in [0.25, 0.3) is 0 Å². The van der Waals surface area contributed by atoms with Crippen LogP contribution in [0.2, 0.25) is 0 Å². The Labute approximate surface area is 288 Å². The molecule has 0 bridgehead atoms. The highest BCUT2D eigenvalue weighted by molar-refractivity contribution is 7.97. The molecule has 0 unspecified atom stereocenters. The number of phenolic OH excluding ortho intramolecular Hbond substituents is 2. The van der Waals surface area contributed by atoms with Crippen LogP contribution in [0, 0.1) is 0 Å². The third-order valence-corrected chi connectivity index (χ3v) is 10.2. The first-order valence-electron chi connectivity index (χ1n) is 14.3. The van der Waals surface area contributed by atoms with E-state index in [-0.39, 0.29) is 10.9 Å². The van der Waals surface area contributed by atoms with Crippen molar-refractivity contribution in [1.29, 1.82) is 0 Å². The molecule has 6 aromatic rings. The van der Waals surface area contributed by atoms with Gasteiger partial charge in [0.05, 0.1) is 21.7 Å². The normalized spacial score (nSPS) is 10.8. The second kappa shape index (κ2) is 19.2. The summed E-state index contributed by atoms with van der Waals surface area (Å²) < 4.78 is 70.9. The Bertz CT molecular complexity index is 1850. The van der Waals surface area contributed by atoms with Crippen LogP contribution in [-0.4, -0.2) is 32.9 Å². The molecule has 0 heterocycles. The summed E-state index contributed by atoms with van der Waals surface area (Å²) in [5.74, 6) is 0.626. The van der Waals surface area contributed by atoms with E-state index >= 15 is 0 Å². The number of hydrogen-bond donors (Lipinski definition) is 2. The Balaban J connectivity index is 0.000000194. The van der Waals surface area contributed by atoms with Gasteiger partial charge >= 0.3 is 5.51 Å². The molecule has 0 amide bonds. The maximum atomic E-state index is 12.0. The van der Waals surface area contributed by atoms with E-state index in [1.54, 1.807) is 36.4 Å². The SMILES string of the molecule is O=S(=O)([O-])C(F)(F)F.O=S(c1ccccc1)c1ccccc1.Oc1ccc([S+](c2ccccc2)c2ccccc2)cc1.Oc1ccccc1. The quantitative estimate of drug-likeness (QED) is 0.104. The number of benzene rings is 6.